The van der Waals surface area contributed by atoms with Crippen LogP contribution in [0.4, 0.5) is 11.4 Å². The van der Waals surface area contributed by atoms with Crippen LogP contribution in [0, 0.1) is 0 Å². The first-order valence-electron chi connectivity index (χ1n) is 6.78. The van der Waals surface area contributed by atoms with Crippen LogP contribution in [0.15, 0.2) is 54.6 Å². The fourth-order valence-corrected chi connectivity index (χ4v) is 3.68. The van der Waals surface area contributed by atoms with E-state index in [2.05, 4.69) is 5.32 Å². The average Bonchev–Trinajstić information content (AvgIpc) is 2.81. The topological polar surface area (TPSA) is 52.6 Å². The molecule has 2 aromatic rings. The van der Waals surface area contributed by atoms with Gasteiger partial charge in [0.15, 0.2) is 0 Å². The number of rotatable bonds is 4. The number of para-hydroxylation sites is 3. The Bertz CT molecular complexity index is 706. The van der Waals surface area contributed by atoms with E-state index in [0.717, 1.165) is 5.69 Å². The van der Waals surface area contributed by atoms with Gasteiger partial charge in [-0.15, -0.1) is 0 Å². The Morgan fingerprint density at radius 2 is 1.82 bits per heavy atom. The molecule has 1 amide bonds. The summed E-state index contributed by atoms with van der Waals surface area (Å²) in [6.07, 6.45) is 0. The molecule has 22 heavy (non-hydrogen) atoms. The van der Waals surface area contributed by atoms with Gasteiger partial charge in [0.1, 0.15) is 15.3 Å². The first-order valence-corrected chi connectivity index (χ1v) is 8.07. The smallest absolute Gasteiger partial charge is 0.247 e. The van der Waals surface area contributed by atoms with Gasteiger partial charge in [0.25, 0.3) is 0 Å². The maximum Gasteiger partial charge on any atom is 0.247 e. The number of benzene rings is 2. The van der Waals surface area contributed by atoms with Crippen LogP contribution in [0.2, 0.25) is 0 Å². The summed E-state index contributed by atoms with van der Waals surface area (Å²) in [5.74, 6) is 0.129. The van der Waals surface area contributed by atoms with Crippen molar-refractivity contribution >= 4 is 45.6 Å². The Labute approximate surface area is 138 Å². The molecule has 0 radical (unpaired) electrons. The van der Waals surface area contributed by atoms with Crippen LogP contribution in [-0.4, -0.2) is 27.1 Å². The molecule has 0 spiro atoms. The van der Waals surface area contributed by atoms with Gasteiger partial charge in [0.2, 0.25) is 5.91 Å². The molecule has 2 aromatic carbocycles. The maximum absolute atomic E-state index is 12.5. The van der Waals surface area contributed by atoms with E-state index >= 15 is 0 Å². The summed E-state index contributed by atoms with van der Waals surface area (Å²) in [5.41, 5.74) is 1.40. The minimum atomic E-state index is -0.299. The fourth-order valence-electron chi connectivity index (χ4n) is 2.22. The molecule has 0 aromatic heterocycles. The molecule has 1 aliphatic rings. The average molecular weight is 330 g/mol. The van der Waals surface area contributed by atoms with E-state index in [1.807, 2.05) is 36.4 Å². The monoisotopic (exact) mass is 330 g/mol. The molecule has 4 nitrogen and oxygen atoms in total. The van der Waals surface area contributed by atoms with Crippen LogP contribution in [0.3, 0.4) is 0 Å². The van der Waals surface area contributed by atoms with E-state index in [4.69, 9.17) is 12.2 Å². The predicted molar refractivity (Wildman–Crippen MR) is 94.5 cm³/mol. The fraction of sp³-hybridized carbons (Fsp3) is 0.125. The lowest BCUT2D eigenvalue weighted by atomic mass is 10.2. The highest BCUT2D eigenvalue weighted by Gasteiger charge is 2.37. The molecule has 0 aliphatic carbocycles. The van der Waals surface area contributed by atoms with Gasteiger partial charge in [-0.1, -0.05) is 54.3 Å². The number of phenols is 1. The summed E-state index contributed by atoms with van der Waals surface area (Å²) < 4.78 is 0.556. The van der Waals surface area contributed by atoms with Crippen molar-refractivity contribution in [3.63, 3.8) is 0 Å². The number of aromatic hydroxyl groups is 1. The van der Waals surface area contributed by atoms with Crippen LogP contribution in [0.1, 0.15) is 0 Å². The number of phenolic OH excluding ortho intramolecular Hbond substituents is 1. The Balaban J connectivity index is 1.71. The number of anilines is 2. The Morgan fingerprint density at radius 1 is 1.14 bits per heavy atom. The summed E-state index contributed by atoms with van der Waals surface area (Å²) in [4.78, 5) is 14.1. The quantitative estimate of drug-likeness (QED) is 0.666. The Hall–Kier alpha value is -2.05. The molecular formula is C16H14N2O2S2. The molecule has 3 rings (SSSR count). The Morgan fingerprint density at radius 3 is 2.55 bits per heavy atom. The summed E-state index contributed by atoms with van der Waals surface area (Å²) in [6, 6.07) is 16.3. The number of carbonyl (C=O) groups is 1. The van der Waals surface area contributed by atoms with Crippen molar-refractivity contribution in [2.24, 2.45) is 0 Å². The van der Waals surface area contributed by atoms with E-state index in [9.17, 15) is 9.90 Å². The normalized spacial score (nSPS) is 17.8. The molecule has 1 saturated heterocycles. The van der Waals surface area contributed by atoms with Gasteiger partial charge in [0, 0.05) is 6.54 Å². The molecule has 112 valence electrons. The number of nitrogens with zero attached hydrogens (tertiary/aromatic N) is 1. The van der Waals surface area contributed by atoms with E-state index < -0.39 is 0 Å². The second-order valence-electron chi connectivity index (χ2n) is 4.78. The van der Waals surface area contributed by atoms with Crippen LogP contribution in [0.5, 0.6) is 5.75 Å². The van der Waals surface area contributed by atoms with E-state index in [1.54, 1.807) is 23.1 Å². The number of thioether (sulfide) groups is 1. The summed E-state index contributed by atoms with van der Waals surface area (Å²) in [5, 5.41) is 12.5. The first-order chi connectivity index (χ1) is 10.7. The largest absolute Gasteiger partial charge is 0.506 e. The molecule has 0 saturated carbocycles. The highest BCUT2D eigenvalue weighted by atomic mass is 32.2. The lowest BCUT2D eigenvalue weighted by molar-refractivity contribution is -0.116. The third kappa shape index (κ3) is 2.93. The zero-order chi connectivity index (χ0) is 15.5. The van der Waals surface area contributed by atoms with Gasteiger partial charge in [-0.3, -0.25) is 9.69 Å². The SMILES string of the molecule is O=C1C(CNc2ccccc2O)SC(=S)N1c1ccccc1. The lowest BCUT2D eigenvalue weighted by Crippen LogP contribution is -2.33. The van der Waals surface area contributed by atoms with Crippen molar-refractivity contribution in [2.75, 3.05) is 16.8 Å². The second kappa shape index (κ2) is 6.37. The molecule has 1 unspecified atom stereocenters. The van der Waals surface area contributed by atoms with Gasteiger partial charge >= 0.3 is 0 Å². The minimum Gasteiger partial charge on any atom is -0.506 e. The molecule has 0 bridgehead atoms. The van der Waals surface area contributed by atoms with Crippen molar-refractivity contribution in [3.05, 3.63) is 54.6 Å². The zero-order valence-corrected chi connectivity index (χ0v) is 13.2. The second-order valence-corrected chi connectivity index (χ2v) is 6.62. The number of hydrogen-bond donors (Lipinski definition) is 2. The van der Waals surface area contributed by atoms with E-state index in [1.165, 1.54) is 11.8 Å². The minimum absolute atomic E-state index is 0.0379. The molecule has 1 heterocycles. The number of carbonyl (C=O) groups excluding carboxylic acids is 1. The zero-order valence-electron chi connectivity index (χ0n) is 11.6. The standard InChI is InChI=1S/C16H14N2O2S2/c19-13-9-5-4-8-12(13)17-10-14-15(20)18(16(21)22-14)11-6-2-1-3-7-11/h1-9,14,17,19H,10H2. The third-order valence-corrected chi connectivity index (χ3v) is 4.83. The highest BCUT2D eigenvalue weighted by molar-refractivity contribution is 8.25. The highest BCUT2D eigenvalue weighted by Crippen LogP contribution is 2.32. The van der Waals surface area contributed by atoms with Crippen molar-refractivity contribution in [2.45, 2.75) is 5.25 Å². The molecule has 6 heteroatoms. The van der Waals surface area contributed by atoms with Gasteiger partial charge in [-0.25, -0.2) is 0 Å². The third-order valence-electron chi connectivity index (χ3n) is 3.32. The number of hydrogen-bond acceptors (Lipinski definition) is 5. The van der Waals surface area contributed by atoms with Crippen LogP contribution in [0.25, 0.3) is 0 Å². The van der Waals surface area contributed by atoms with Crippen molar-refractivity contribution in [1.82, 2.24) is 0 Å². The van der Waals surface area contributed by atoms with Gasteiger partial charge in [-0.05, 0) is 24.3 Å². The van der Waals surface area contributed by atoms with Crippen molar-refractivity contribution in [3.8, 4) is 5.75 Å². The predicted octanol–water partition coefficient (Wildman–Crippen LogP) is 3.24. The van der Waals surface area contributed by atoms with Crippen LogP contribution in [-0.2, 0) is 4.79 Å². The molecule has 1 aliphatic heterocycles. The summed E-state index contributed by atoms with van der Waals surface area (Å²) >= 11 is 6.69. The summed E-state index contributed by atoms with van der Waals surface area (Å²) in [6.45, 7) is 0.407. The molecule has 1 atom stereocenters. The van der Waals surface area contributed by atoms with Crippen LogP contribution >= 0.6 is 24.0 Å². The number of thiocarbonyl (C=S) groups is 1. The Kier molecular flexibility index (Phi) is 4.31. The number of nitrogens with one attached hydrogen (secondary N) is 1. The van der Waals surface area contributed by atoms with Crippen LogP contribution < -0.4 is 10.2 Å². The lowest BCUT2D eigenvalue weighted by Gasteiger charge is -2.15. The molecular weight excluding hydrogens is 316 g/mol. The molecule has 2 N–H and O–H groups in total. The van der Waals surface area contributed by atoms with Gasteiger partial charge in [-0.2, -0.15) is 0 Å². The number of amides is 1. The first kappa shape index (κ1) is 14.9. The molecule has 1 fully saturated rings. The van der Waals surface area contributed by atoms with Crippen molar-refractivity contribution < 1.29 is 9.90 Å². The maximum atomic E-state index is 12.5. The van der Waals surface area contributed by atoms with E-state index in [-0.39, 0.29) is 16.9 Å². The summed E-state index contributed by atoms with van der Waals surface area (Å²) in [7, 11) is 0. The van der Waals surface area contributed by atoms with E-state index in [0.29, 0.717) is 16.6 Å². The van der Waals surface area contributed by atoms with Gasteiger partial charge in [0.05, 0.1) is 11.4 Å². The van der Waals surface area contributed by atoms with Crippen molar-refractivity contribution in [1.29, 1.82) is 0 Å². The van der Waals surface area contributed by atoms with Gasteiger partial charge < -0.3 is 10.4 Å².